The fraction of sp³-hybridized carbons (Fsp3) is 0.286. The molecule has 0 aliphatic carbocycles. The average molecular weight is 400 g/mol. The summed E-state index contributed by atoms with van der Waals surface area (Å²) in [7, 11) is 2.99. The van der Waals surface area contributed by atoms with Crippen LogP contribution in [0, 0.1) is 0 Å². The first-order valence-electron chi connectivity index (χ1n) is 9.00. The van der Waals surface area contributed by atoms with E-state index >= 15 is 0 Å². The summed E-state index contributed by atoms with van der Waals surface area (Å²) in [6.45, 7) is -0.0690. The lowest BCUT2D eigenvalue weighted by Crippen LogP contribution is -2.25. The van der Waals surface area contributed by atoms with Crippen LogP contribution < -0.4 is 20.1 Å². The van der Waals surface area contributed by atoms with Crippen LogP contribution in [0.2, 0.25) is 0 Å². The smallest absolute Gasteiger partial charge is 0.306 e. The predicted octanol–water partition coefficient (Wildman–Crippen LogP) is 2.28. The van der Waals surface area contributed by atoms with Crippen LogP contribution in [0.3, 0.4) is 0 Å². The first-order chi connectivity index (χ1) is 14.0. The van der Waals surface area contributed by atoms with Gasteiger partial charge in [-0.05, 0) is 17.7 Å². The van der Waals surface area contributed by atoms with Gasteiger partial charge in [0.2, 0.25) is 5.91 Å². The van der Waals surface area contributed by atoms with Gasteiger partial charge >= 0.3 is 5.97 Å². The number of ether oxygens (including phenoxy) is 3. The van der Waals surface area contributed by atoms with E-state index in [0.717, 1.165) is 5.56 Å². The number of methoxy groups -OCH3 is 2. The molecule has 0 spiro atoms. The largest absolute Gasteiger partial charge is 0.497 e. The zero-order valence-corrected chi connectivity index (χ0v) is 16.4. The Hall–Kier alpha value is -3.55. The van der Waals surface area contributed by atoms with Crippen molar-refractivity contribution in [3.05, 3.63) is 54.1 Å². The molecule has 0 radical (unpaired) electrons. The van der Waals surface area contributed by atoms with Crippen molar-refractivity contribution in [2.75, 3.05) is 26.1 Å². The number of esters is 1. The molecule has 2 aromatic carbocycles. The quantitative estimate of drug-likeness (QED) is 0.593. The maximum Gasteiger partial charge on any atom is 0.306 e. The van der Waals surface area contributed by atoms with Crippen LogP contribution in [-0.2, 0) is 25.7 Å². The minimum absolute atomic E-state index is 0.0143. The number of anilines is 1. The third-order valence-corrected chi connectivity index (χ3v) is 3.94. The van der Waals surface area contributed by atoms with Gasteiger partial charge in [-0.25, -0.2) is 0 Å². The zero-order chi connectivity index (χ0) is 21.1. The van der Waals surface area contributed by atoms with Crippen LogP contribution in [0.4, 0.5) is 5.69 Å². The number of hydrogen-bond donors (Lipinski definition) is 2. The van der Waals surface area contributed by atoms with Gasteiger partial charge in [0.15, 0.2) is 6.61 Å². The highest BCUT2D eigenvalue weighted by atomic mass is 16.5. The standard InChI is InChI=1S/C21H24N2O6/c1-27-16-8-9-17(18(12-16)28-2)23-20(25)14-29-21(26)11-10-19(24)22-13-15-6-4-3-5-7-15/h3-9,12H,10-11,13-14H2,1-2H3,(H,22,24)(H,23,25). The van der Waals surface area contributed by atoms with E-state index in [1.54, 1.807) is 18.2 Å². The van der Waals surface area contributed by atoms with Crippen molar-refractivity contribution in [1.29, 1.82) is 0 Å². The van der Waals surface area contributed by atoms with Gasteiger partial charge in [0.05, 0.1) is 26.3 Å². The summed E-state index contributed by atoms with van der Waals surface area (Å²) < 4.78 is 15.2. The Morgan fingerprint density at radius 3 is 2.34 bits per heavy atom. The molecule has 0 aromatic heterocycles. The maximum atomic E-state index is 12.0. The summed E-state index contributed by atoms with van der Waals surface area (Å²) in [5.74, 6) is -0.416. The number of benzene rings is 2. The van der Waals surface area contributed by atoms with E-state index in [1.165, 1.54) is 14.2 Å². The molecule has 29 heavy (non-hydrogen) atoms. The van der Waals surface area contributed by atoms with Crippen molar-refractivity contribution < 1.29 is 28.6 Å². The number of amides is 2. The fourth-order valence-corrected chi connectivity index (χ4v) is 2.41. The molecule has 0 aliphatic rings. The molecule has 0 saturated heterocycles. The Labute approximate surface area is 169 Å². The topological polar surface area (TPSA) is 103 Å². The molecule has 2 rings (SSSR count). The number of hydrogen-bond acceptors (Lipinski definition) is 6. The Morgan fingerprint density at radius 1 is 0.897 bits per heavy atom. The molecule has 154 valence electrons. The van der Waals surface area contributed by atoms with Crippen molar-refractivity contribution in [3.8, 4) is 11.5 Å². The molecular formula is C21H24N2O6. The highest BCUT2D eigenvalue weighted by molar-refractivity contribution is 5.94. The van der Waals surface area contributed by atoms with Crippen molar-refractivity contribution in [1.82, 2.24) is 5.32 Å². The molecule has 0 saturated carbocycles. The summed E-state index contributed by atoms with van der Waals surface area (Å²) in [5, 5.41) is 5.32. The van der Waals surface area contributed by atoms with E-state index in [0.29, 0.717) is 23.7 Å². The minimum Gasteiger partial charge on any atom is -0.497 e. The van der Waals surface area contributed by atoms with E-state index in [1.807, 2.05) is 30.3 Å². The second kappa shape index (κ2) is 11.3. The van der Waals surface area contributed by atoms with Gasteiger partial charge in [-0.1, -0.05) is 30.3 Å². The highest BCUT2D eigenvalue weighted by Crippen LogP contribution is 2.28. The third-order valence-electron chi connectivity index (χ3n) is 3.94. The van der Waals surface area contributed by atoms with E-state index in [4.69, 9.17) is 14.2 Å². The molecule has 8 nitrogen and oxygen atoms in total. The molecule has 0 unspecified atom stereocenters. The molecule has 2 N–H and O–H groups in total. The van der Waals surface area contributed by atoms with E-state index in [9.17, 15) is 14.4 Å². The number of nitrogens with one attached hydrogen (secondary N) is 2. The summed E-state index contributed by atoms with van der Waals surface area (Å²) >= 11 is 0. The van der Waals surface area contributed by atoms with Crippen LogP contribution in [-0.4, -0.2) is 38.6 Å². The summed E-state index contributed by atoms with van der Waals surface area (Å²) in [5.41, 5.74) is 1.39. The van der Waals surface area contributed by atoms with Crippen molar-refractivity contribution >= 4 is 23.5 Å². The first-order valence-corrected chi connectivity index (χ1v) is 9.00. The summed E-state index contributed by atoms with van der Waals surface area (Å²) in [4.78, 5) is 35.5. The Balaban J connectivity index is 1.69. The summed E-state index contributed by atoms with van der Waals surface area (Å²) in [6, 6.07) is 14.3. The Bertz CT molecular complexity index is 838. The van der Waals surface area contributed by atoms with Gasteiger partial charge in [-0.15, -0.1) is 0 Å². The van der Waals surface area contributed by atoms with Crippen molar-refractivity contribution in [2.45, 2.75) is 19.4 Å². The molecule has 0 aliphatic heterocycles. The third kappa shape index (κ3) is 7.53. The first kappa shape index (κ1) is 21.7. The normalized spacial score (nSPS) is 10.0. The maximum absolute atomic E-state index is 12.0. The molecule has 8 heteroatoms. The molecule has 0 fully saturated rings. The van der Waals surface area contributed by atoms with E-state index in [2.05, 4.69) is 10.6 Å². The van der Waals surface area contributed by atoms with E-state index in [-0.39, 0.29) is 18.7 Å². The van der Waals surface area contributed by atoms with Gasteiger partial charge in [0, 0.05) is 19.0 Å². The van der Waals surface area contributed by atoms with Crippen molar-refractivity contribution in [2.24, 2.45) is 0 Å². The number of carbonyl (C=O) groups is 3. The van der Waals surface area contributed by atoms with Gasteiger partial charge in [-0.3, -0.25) is 14.4 Å². The second-order valence-electron chi connectivity index (χ2n) is 6.04. The monoisotopic (exact) mass is 400 g/mol. The SMILES string of the molecule is COc1ccc(NC(=O)COC(=O)CCC(=O)NCc2ccccc2)c(OC)c1. The molecule has 0 heterocycles. The second-order valence-corrected chi connectivity index (χ2v) is 6.04. The lowest BCUT2D eigenvalue weighted by atomic mass is 10.2. The fourth-order valence-electron chi connectivity index (χ4n) is 2.41. The van der Waals surface area contributed by atoms with Crippen LogP contribution in [0.25, 0.3) is 0 Å². The van der Waals surface area contributed by atoms with E-state index < -0.39 is 18.5 Å². The van der Waals surface area contributed by atoms with Gasteiger partial charge in [-0.2, -0.15) is 0 Å². The molecule has 2 aromatic rings. The average Bonchev–Trinajstić information content (AvgIpc) is 2.75. The molecule has 0 atom stereocenters. The number of carbonyl (C=O) groups excluding carboxylic acids is 3. The van der Waals surface area contributed by atoms with Gasteiger partial charge in [0.1, 0.15) is 11.5 Å². The number of rotatable bonds is 10. The van der Waals surface area contributed by atoms with Crippen LogP contribution >= 0.6 is 0 Å². The van der Waals surface area contributed by atoms with Crippen LogP contribution in [0.1, 0.15) is 18.4 Å². The van der Waals surface area contributed by atoms with Gasteiger partial charge < -0.3 is 24.8 Å². The molecule has 0 bridgehead atoms. The lowest BCUT2D eigenvalue weighted by molar-refractivity contribution is -0.148. The molecule has 2 amide bonds. The van der Waals surface area contributed by atoms with Gasteiger partial charge in [0.25, 0.3) is 5.91 Å². The van der Waals surface area contributed by atoms with Crippen LogP contribution in [0.5, 0.6) is 11.5 Å². The zero-order valence-electron chi connectivity index (χ0n) is 16.4. The van der Waals surface area contributed by atoms with Crippen LogP contribution in [0.15, 0.2) is 48.5 Å². The lowest BCUT2D eigenvalue weighted by Gasteiger charge is -2.11. The predicted molar refractivity (Wildman–Crippen MR) is 107 cm³/mol. The minimum atomic E-state index is -0.628. The van der Waals surface area contributed by atoms with Crippen molar-refractivity contribution in [3.63, 3.8) is 0 Å². The highest BCUT2D eigenvalue weighted by Gasteiger charge is 2.13. The molecular weight excluding hydrogens is 376 g/mol. The Morgan fingerprint density at radius 2 is 1.66 bits per heavy atom. The Kier molecular flexibility index (Phi) is 8.50. The summed E-state index contributed by atoms with van der Waals surface area (Å²) in [6.07, 6.45) is -0.126.